The zero-order valence-corrected chi connectivity index (χ0v) is 15.7. The monoisotopic (exact) mass is 387 g/mol. The van der Waals surface area contributed by atoms with Crippen molar-refractivity contribution in [2.75, 3.05) is 52.9 Å². The fraction of sp³-hybridized carbons (Fsp3) is 0.611. The molecule has 2 N–H and O–H groups in total. The summed E-state index contributed by atoms with van der Waals surface area (Å²) in [7, 11) is 0. The molecule has 1 aromatic rings. The fourth-order valence-corrected chi connectivity index (χ4v) is 1.84. The van der Waals surface area contributed by atoms with Crippen LogP contribution in [0.4, 0.5) is 0 Å². The fourth-order valence-electron chi connectivity index (χ4n) is 1.84. The van der Waals surface area contributed by atoms with Crippen molar-refractivity contribution < 1.29 is 38.8 Å². The molecule has 0 saturated heterocycles. The van der Waals surface area contributed by atoms with E-state index in [0.29, 0.717) is 51.0 Å². The highest BCUT2D eigenvalue weighted by Gasteiger charge is 2.11. The molecule has 1 rings (SSSR count). The highest BCUT2D eigenvalue weighted by molar-refractivity contribution is 5.70. The van der Waals surface area contributed by atoms with Gasteiger partial charge in [-0.05, 0) is 6.42 Å². The number of rotatable bonds is 16. The molecule has 0 aliphatic rings. The van der Waals surface area contributed by atoms with Crippen LogP contribution in [0.1, 0.15) is 19.8 Å². The van der Waals surface area contributed by atoms with Gasteiger partial charge in [0, 0.05) is 12.1 Å². The number of allylic oxidation sites excluding steroid dienone is 1. The Bertz CT molecular complexity index is 524. The molecule has 0 bridgehead atoms. The van der Waals surface area contributed by atoms with Gasteiger partial charge in [-0.15, -0.1) is 4.73 Å². The van der Waals surface area contributed by atoms with Crippen molar-refractivity contribution in [3.8, 4) is 11.8 Å². The average Bonchev–Trinajstić information content (AvgIpc) is 2.97. The molecule has 0 aliphatic heterocycles. The van der Waals surface area contributed by atoms with E-state index in [1.807, 2.05) is 6.08 Å². The van der Waals surface area contributed by atoms with Gasteiger partial charge in [0.05, 0.1) is 59.3 Å². The molecule has 0 radical (unpaired) electrons. The van der Waals surface area contributed by atoms with Crippen LogP contribution in [0.15, 0.2) is 24.3 Å². The van der Waals surface area contributed by atoms with E-state index in [0.717, 1.165) is 6.42 Å². The lowest BCUT2D eigenvalue weighted by Crippen LogP contribution is -2.20. The lowest BCUT2D eigenvalue weighted by atomic mass is 10.4. The van der Waals surface area contributed by atoms with Crippen LogP contribution >= 0.6 is 0 Å². The number of hydrogen-bond donors (Lipinski definition) is 2. The molecule has 0 unspecified atom stereocenters. The largest absolute Gasteiger partial charge is 0.492 e. The third-order valence-electron chi connectivity index (χ3n) is 3.17. The smallest absolute Gasteiger partial charge is 0.335 e. The van der Waals surface area contributed by atoms with Crippen molar-refractivity contribution in [2.45, 2.75) is 19.8 Å². The van der Waals surface area contributed by atoms with Crippen LogP contribution < -0.4 is 4.84 Å². The molecule has 0 fully saturated rings. The summed E-state index contributed by atoms with van der Waals surface area (Å²) in [5, 5.41) is 18.7. The Morgan fingerprint density at radius 1 is 0.889 bits per heavy atom. The van der Waals surface area contributed by atoms with E-state index in [-0.39, 0.29) is 24.8 Å². The topological polar surface area (TPSA) is 109 Å². The number of nitrogens with zero attached hydrogens (tertiary/aromatic N) is 1. The third kappa shape index (κ3) is 11.3. The summed E-state index contributed by atoms with van der Waals surface area (Å²) in [5.41, 5.74) is 0. The number of carbonyl (C=O) groups excluding carboxylic acids is 1. The van der Waals surface area contributed by atoms with Crippen LogP contribution in [0.2, 0.25) is 0 Å². The second-order valence-electron chi connectivity index (χ2n) is 5.35. The van der Waals surface area contributed by atoms with E-state index >= 15 is 0 Å². The van der Waals surface area contributed by atoms with E-state index in [1.54, 1.807) is 0 Å². The first-order chi connectivity index (χ1) is 13.1. The molecule has 1 heterocycles. The Morgan fingerprint density at radius 2 is 1.41 bits per heavy atom. The summed E-state index contributed by atoms with van der Waals surface area (Å²) in [5.74, 6) is -1.37. The molecule has 0 saturated carbocycles. The molecule has 0 aliphatic carbocycles. The van der Waals surface area contributed by atoms with Crippen molar-refractivity contribution in [3.05, 3.63) is 24.3 Å². The first-order valence-electron chi connectivity index (χ1n) is 8.92. The zero-order chi connectivity index (χ0) is 19.7. The molecule has 154 valence electrons. The number of ether oxygens (including phenoxy) is 4. The zero-order valence-electron chi connectivity index (χ0n) is 15.7. The van der Waals surface area contributed by atoms with Crippen molar-refractivity contribution in [1.29, 1.82) is 0 Å². The van der Waals surface area contributed by atoms with Gasteiger partial charge < -0.3 is 34.0 Å². The standard InChI is InChI=1S/C18H29NO8/c1-2-3-4-8-23-10-12-25-14-15-26-13-11-24-9-7-18(22)27-19-16(20)5-6-17(19)21/h3-6,20-21H,2,7-15H2,1H3. The second kappa shape index (κ2) is 15.0. The summed E-state index contributed by atoms with van der Waals surface area (Å²) in [6.07, 6.45) is 5.02. The average molecular weight is 387 g/mol. The Kier molecular flexibility index (Phi) is 12.8. The summed E-state index contributed by atoms with van der Waals surface area (Å²) in [4.78, 5) is 16.3. The number of carbonyl (C=O) groups is 1. The highest BCUT2D eigenvalue weighted by Crippen LogP contribution is 2.18. The molecule has 9 nitrogen and oxygen atoms in total. The van der Waals surface area contributed by atoms with Gasteiger partial charge in [-0.1, -0.05) is 19.1 Å². The lowest BCUT2D eigenvalue weighted by Gasteiger charge is -2.08. The molecule has 0 amide bonds. The first kappa shape index (κ1) is 23.0. The second-order valence-corrected chi connectivity index (χ2v) is 5.35. The van der Waals surface area contributed by atoms with Crippen molar-refractivity contribution in [2.24, 2.45) is 0 Å². The van der Waals surface area contributed by atoms with Crippen LogP contribution in [-0.2, 0) is 23.7 Å². The van der Waals surface area contributed by atoms with Gasteiger partial charge in [-0.2, -0.15) is 0 Å². The third-order valence-corrected chi connectivity index (χ3v) is 3.17. The normalized spacial score (nSPS) is 11.3. The van der Waals surface area contributed by atoms with E-state index < -0.39 is 5.97 Å². The summed E-state index contributed by atoms with van der Waals surface area (Å²) in [6.45, 7) is 5.54. The van der Waals surface area contributed by atoms with Gasteiger partial charge in [-0.3, -0.25) is 0 Å². The van der Waals surface area contributed by atoms with E-state index in [1.165, 1.54) is 12.1 Å². The Balaban J connectivity index is 1.85. The summed E-state index contributed by atoms with van der Waals surface area (Å²) >= 11 is 0. The van der Waals surface area contributed by atoms with E-state index in [2.05, 4.69) is 13.0 Å². The van der Waals surface area contributed by atoms with E-state index in [9.17, 15) is 15.0 Å². The van der Waals surface area contributed by atoms with Crippen LogP contribution in [0, 0.1) is 0 Å². The Labute approximate surface area is 159 Å². The van der Waals surface area contributed by atoms with Crippen molar-refractivity contribution >= 4 is 5.97 Å². The van der Waals surface area contributed by atoms with E-state index in [4.69, 9.17) is 23.8 Å². The maximum atomic E-state index is 11.5. The van der Waals surface area contributed by atoms with Crippen LogP contribution in [0.25, 0.3) is 0 Å². The van der Waals surface area contributed by atoms with Gasteiger partial charge in [-0.25, -0.2) is 4.79 Å². The molecule has 9 heteroatoms. The molecule has 0 spiro atoms. The quantitative estimate of drug-likeness (QED) is 0.323. The molecule has 0 atom stereocenters. The minimum absolute atomic E-state index is 0.0202. The number of hydrogen-bond acceptors (Lipinski definition) is 8. The highest BCUT2D eigenvalue weighted by atomic mass is 16.7. The molecular weight excluding hydrogens is 358 g/mol. The Hall–Kier alpha value is -2.07. The molecule has 1 aromatic heterocycles. The number of aromatic hydroxyl groups is 2. The summed E-state index contributed by atoms with van der Waals surface area (Å²) in [6, 6.07) is 2.41. The van der Waals surface area contributed by atoms with Gasteiger partial charge in [0.1, 0.15) is 0 Å². The van der Waals surface area contributed by atoms with Gasteiger partial charge in [0.15, 0.2) is 0 Å². The van der Waals surface area contributed by atoms with Crippen LogP contribution in [0.3, 0.4) is 0 Å². The van der Waals surface area contributed by atoms with Gasteiger partial charge in [0.25, 0.3) is 0 Å². The minimum Gasteiger partial charge on any atom is -0.492 e. The molecular formula is C18H29NO8. The first-order valence-corrected chi connectivity index (χ1v) is 8.92. The minimum atomic E-state index is -0.640. The van der Waals surface area contributed by atoms with Crippen molar-refractivity contribution in [1.82, 2.24) is 4.73 Å². The number of aromatic nitrogens is 1. The molecule has 27 heavy (non-hydrogen) atoms. The van der Waals surface area contributed by atoms with Crippen LogP contribution in [-0.4, -0.2) is 73.8 Å². The predicted molar refractivity (Wildman–Crippen MR) is 96.7 cm³/mol. The van der Waals surface area contributed by atoms with Gasteiger partial charge in [0.2, 0.25) is 11.8 Å². The maximum Gasteiger partial charge on any atom is 0.335 e. The van der Waals surface area contributed by atoms with Crippen LogP contribution in [0.5, 0.6) is 11.8 Å². The SMILES string of the molecule is CCC=CCOCCOCCOCCOCCC(=O)On1c(O)ccc1O. The maximum absolute atomic E-state index is 11.5. The predicted octanol–water partition coefficient (Wildman–Crippen LogP) is 1.28. The molecule has 0 aromatic carbocycles. The lowest BCUT2D eigenvalue weighted by molar-refractivity contribution is -0.146. The van der Waals surface area contributed by atoms with Gasteiger partial charge >= 0.3 is 5.97 Å². The Morgan fingerprint density at radius 3 is 1.96 bits per heavy atom. The van der Waals surface area contributed by atoms with Crippen molar-refractivity contribution in [3.63, 3.8) is 0 Å². The summed E-state index contributed by atoms with van der Waals surface area (Å²) < 4.78 is 21.9.